The lowest BCUT2D eigenvalue weighted by Gasteiger charge is -2.23. The van der Waals surface area contributed by atoms with E-state index in [4.69, 9.17) is 9.47 Å². The van der Waals surface area contributed by atoms with Crippen molar-refractivity contribution in [1.29, 1.82) is 0 Å². The number of ether oxygens (including phenoxy) is 2. The van der Waals surface area contributed by atoms with Gasteiger partial charge in [-0.2, -0.15) is 5.10 Å². The number of benzene rings is 2. The summed E-state index contributed by atoms with van der Waals surface area (Å²) in [5.74, 6) is 0.685. The number of amides is 1. The van der Waals surface area contributed by atoms with Crippen LogP contribution in [-0.2, 0) is 11.2 Å². The molecule has 2 aliphatic rings. The Labute approximate surface area is 158 Å². The van der Waals surface area contributed by atoms with Crippen molar-refractivity contribution in [3.8, 4) is 5.75 Å². The number of morpholine rings is 1. The van der Waals surface area contributed by atoms with Gasteiger partial charge in [-0.1, -0.05) is 18.2 Å². The van der Waals surface area contributed by atoms with E-state index in [1.165, 1.54) is 5.56 Å². The minimum absolute atomic E-state index is 0.137. The molecule has 4 rings (SSSR count). The zero-order valence-corrected chi connectivity index (χ0v) is 15.2. The highest BCUT2D eigenvalue weighted by molar-refractivity contribution is 6.04. The van der Waals surface area contributed by atoms with Crippen LogP contribution in [0, 0.1) is 0 Å². The Balaban J connectivity index is 1.37. The average Bonchev–Trinajstić information content (AvgIpc) is 2.73. The fourth-order valence-corrected chi connectivity index (χ4v) is 3.15. The molecule has 1 amide bonds. The van der Waals surface area contributed by atoms with Gasteiger partial charge >= 0.3 is 0 Å². The molecule has 0 spiro atoms. The molecule has 0 saturated carbocycles. The molecule has 140 valence electrons. The molecule has 2 aliphatic heterocycles. The summed E-state index contributed by atoms with van der Waals surface area (Å²) in [5, 5.41) is 9.39. The number of aryl methyl sites for hydroxylation is 1. The Morgan fingerprint density at radius 1 is 1.07 bits per heavy atom. The third kappa shape index (κ3) is 4.46. The van der Waals surface area contributed by atoms with E-state index in [0.29, 0.717) is 12.2 Å². The topological polar surface area (TPSA) is 63.2 Å². The van der Waals surface area contributed by atoms with Crippen molar-refractivity contribution in [1.82, 2.24) is 5.01 Å². The minimum Gasteiger partial charge on any atom is -0.493 e. The largest absolute Gasteiger partial charge is 0.493 e. The highest BCUT2D eigenvalue weighted by Gasteiger charge is 2.14. The van der Waals surface area contributed by atoms with Crippen LogP contribution in [0.5, 0.6) is 5.75 Å². The summed E-state index contributed by atoms with van der Waals surface area (Å²) in [6.45, 7) is 3.78. The molecule has 6 nitrogen and oxygen atoms in total. The molecule has 1 saturated heterocycles. The van der Waals surface area contributed by atoms with Gasteiger partial charge in [-0.15, -0.1) is 0 Å². The number of fused-ring (bicyclic) bond motifs is 1. The van der Waals surface area contributed by atoms with Crippen LogP contribution >= 0.6 is 0 Å². The zero-order chi connectivity index (χ0) is 18.5. The Hall–Kier alpha value is -2.86. The summed E-state index contributed by atoms with van der Waals surface area (Å²) in [5.41, 5.74) is 3.51. The SMILES string of the molecule is O=C(Nc1ccc(C=NN2CCOCC2)cc1)c1ccc2c(c1)OCCC2. The van der Waals surface area contributed by atoms with Crippen LogP contribution < -0.4 is 10.1 Å². The summed E-state index contributed by atoms with van der Waals surface area (Å²) in [6.07, 6.45) is 3.86. The van der Waals surface area contributed by atoms with Crippen molar-refractivity contribution < 1.29 is 14.3 Å². The van der Waals surface area contributed by atoms with Gasteiger partial charge in [0.25, 0.3) is 5.91 Å². The first-order chi connectivity index (χ1) is 13.3. The molecule has 0 radical (unpaired) electrons. The summed E-state index contributed by atoms with van der Waals surface area (Å²) in [6, 6.07) is 13.3. The summed E-state index contributed by atoms with van der Waals surface area (Å²) < 4.78 is 11.0. The number of carbonyl (C=O) groups is 1. The first-order valence-electron chi connectivity index (χ1n) is 9.32. The number of hydrogen-bond donors (Lipinski definition) is 1. The van der Waals surface area contributed by atoms with Crippen molar-refractivity contribution in [2.24, 2.45) is 5.10 Å². The van der Waals surface area contributed by atoms with E-state index in [0.717, 1.165) is 56.1 Å². The molecule has 0 bridgehead atoms. The Kier molecular flexibility index (Phi) is 5.34. The smallest absolute Gasteiger partial charge is 0.255 e. The highest BCUT2D eigenvalue weighted by atomic mass is 16.5. The van der Waals surface area contributed by atoms with Crippen molar-refractivity contribution in [2.75, 3.05) is 38.2 Å². The van der Waals surface area contributed by atoms with Gasteiger partial charge in [-0.25, -0.2) is 0 Å². The molecular formula is C21H23N3O3. The second-order valence-corrected chi connectivity index (χ2v) is 6.66. The molecule has 1 fully saturated rings. The maximum absolute atomic E-state index is 12.5. The third-order valence-corrected chi connectivity index (χ3v) is 4.70. The molecule has 2 heterocycles. The average molecular weight is 365 g/mol. The van der Waals surface area contributed by atoms with Gasteiger partial charge in [0.2, 0.25) is 0 Å². The molecule has 1 N–H and O–H groups in total. The minimum atomic E-state index is -0.137. The van der Waals surface area contributed by atoms with Gasteiger partial charge in [-0.05, 0) is 48.2 Å². The summed E-state index contributed by atoms with van der Waals surface area (Å²) >= 11 is 0. The van der Waals surface area contributed by atoms with Gasteiger partial charge in [0, 0.05) is 11.3 Å². The maximum Gasteiger partial charge on any atom is 0.255 e. The van der Waals surface area contributed by atoms with E-state index in [1.807, 2.05) is 53.7 Å². The Bertz CT molecular complexity index is 827. The van der Waals surface area contributed by atoms with Crippen LogP contribution in [-0.4, -0.2) is 50.0 Å². The first-order valence-corrected chi connectivity index (χ1v) is 9.32. The van der Waals surface area contributed by atoms with E-state index < -0.39 is 0 Å². The number of hydrazone groups is 1. The lowest BCUT2D eigenvalue weighted by molar-refractivity contribution is 0.0397. The molecule has 6 heteroatoms. The molecule has 0 aromatic heterocycles. The van der Waals surface area contributed by atoms with E-state index in [9.17, 15) is 4.79 Å². The number of anilines is 1. The lowest BCUT2D eigenvalue weighted by Crippen LogP contribution is -2.32. The van der Waals surface area contributed by atoms with Crippen molar-refractivity contribution in [3.63, 3.8) is 0 Å². The lowest BCUT2D eigenvalue weighted by atomic mass is 10.0. The second kappa shape index (κ2) is 8.22. The molecule has 2 aromatic rings. The predicted molar refractivity (Wildman–Crippen MR) is 105 cm³/mol. The van der Waals surface area contributed by atoms with Crippen molar-refractivity contribution in [3.05, 3.63) is 59.2 Å². The Morgan fingerprint density at radius 3 is 2.70 bits per heavy atom. The molecule has 0 aliphatic carbocycles. The van der Waals surface area contributed by atoms with E-state index in [2.05, 4.69) is 10.4 Å². The van der Waals surface area contributed by atoms with Gasteiger partial charge in [0.1, 0.15) is 5.75 Å². The van der Waals surface area contributed by atoms with Gasteiger partial charge in [0.15, 0.2) is 0 Å². The van der Waals surface area contributed by atoms with Crippen LogP contribution in [0.2, 0.25) is 0 Å². The van der Waals surface area contributed by atoms with Gasteiger partial charge < -0.3 is 14.8 Å². The quantitative estimate of drug-likeness (QED) is 0.846. The highest BCUT2D eigenvalue weighted by Crippen LogP contribution is 2.26. The summed E-state index contributed by atoms with van der Waals surface area (Å²) in [4.78, 5) is 12.5. The summed E-state index contributed by atoms with van der Waals surface area (Å²) in [7, 11) is 0. The van der Waals surface area contributed by atoms with E-state index in [-0.39, 0.29) is 5.91 Å². The number of carbonyl (C=O) groups excluding carboxylic acids is 1. The monoisotopic (exact) mass is 365 g/mol. The normalized spacial score (nSPS) is 16.7. The van der Waals surface area contributed by atoms with E-state index >= 15 is 0 Å². The van der Waals surface area contributed by atoms with Gasteiger partial charge in [0.05, 0.1) is 39.1 Å². The third-order valence-electron chi connectivity index (χ3n) is 4.70. The van der Waals surface area contributed by atoms with E-state index in [1.54, 1.807) is 0 Å². The van der Waals surface area contributed by atoms with Crippen molar-refractivity contribution in [2.45, 2.75) is 12.8 Å². The zero-order valence-electron chi connectivity index (χ0n) is 15.2. The van der Waals surface area contributed by atoms with Crippen LogP contribution in [0.4, 0.5) is 5.69 Å². The predicted octanol–water partition coefficient (Wildman–Crippen LogP) is 2.93. The van der Waals surface area contributed by atoms with Crippen LogP contribution in [0.15, 0.2) is 47.6 Å². The van der Waals surface area contributed by atoms with Gasteiger partial charge in [-0.3, -0.25) is 9.80 Å². The molecule has 0 atom stereocenters. The van der Waals surface area contributed by atoms with Crippen molar-refractivity contribution >= 4 is 17.8 Å². The first kappa shape index (κ1) is 17.5. The molecule has 0 unspecified atom stereocenters. The maximum atomic E-state index is 12.5. The number of nitrogens with one attached hydrogen (secondary N) is 1. The number of nitrogens with zero attached hydrogens (tertiary/aromatic N) is 2. The fourth-order valence-electron chi connectivity index (χ4n) is 3.15. The number of rotatable bonds is 4. The molecule has 27 heavy (non-hydrogen) atoms. The Morgan fingerprint density at radius 2 is 1.89 bits per heavy atom. The number of hydrogen-bond acceptors (Lipinski definition) is 5. The van der Waals surface area contributed by atoms with Crippen LogP contribution in [0.25, 0.3) is 0 Å². The van der Waals surface area contributed by atoms with Crippen LogP contribution in [0.1, 0.15) is 27.9 Å². The molecular weight excluding hydrogens is 342 g/mol. The molecule has 2 aromatic carbocycles. The van der Waals surface area contributed by atoms with Crippen LogP contribution in [0.3, 0.4) is 0 Å². The second-order valence-electron chi connectivity index (χ2n) is 6.66. The standard InChI is InChI=1S/C21H23N3O3/c25-21(18-6-5-17-2-1-11-27-20(17)14-18)23-19-7-3-16(4-8-19)15-22-24-9-12-26-13-10-24/h3-8,14-15H,1-2,9-13H2,(H,23,25). The fraction of sp³-hybridized carbons (Fsp3) is 0.333.